The third-order valence-electron chi connectivity index (χ3n) is 4.71. The van der Waals surface area contributed by atoms with Gasteiger partial charge >= 0.3 is 0 Å². The highest BCUT2D eigenvalue weighted by atomic mass is 79.9. The van der Waals surface area contributed by atoms with Crippen LogP contribution in [0.25, 0.3) is 0 Å². The second-order valence-electron chi connectivity index (χ2n) is 6.03. The monoisotopic (exact) mass is 378 g/mol. The number of nitro benzene ring substituents is 1. The number of rotatable bonds is 2. The lowest BCUT2D eigenvalue weighted by Gasteiger charge is -2.24. The Hall–Kier alpha value is -2.06. The fraction of sp³-hybridized carbons (Fsp3) is 0.333. The summed E-state index contributed by atoms with van der Waals surface area (Å²) < 4.78 is 6.09. The summed E-state index contributed by atoms with van der Waals surface area (Å²) in [5.74, 6) is -1.73. The maximum absolute atomic E-state index is 12.8. The van der Waals surface area contributed by atoms with Crippen molar-refractivity contribution in [2.75, 3.05) is 4.90 Å². The van der Waals surface area contributed by atoms with Gasteiger partial charge in [-0.3, -0.25) is 19.7 Å². The summed E-state index contributed by atoms with van der Waals surface area (Å²) in [6, 6.07) is 3.98. The number of fused-ring (bicyclic) bond motifs is 5. The molecule has 0 aliphatic carbocycles. The molecule has 2 fully saturated rings. The minimum Gasteiger partial charge on any atom is -0.362 e. The van der Waals surface area contributed by atoms with Crippen molar-refractivity contribution < 1.29 is 19.2 Å². The van der Waals surface area contributed by atoms with E-state index in [1.807, 2.05) is 12.2 Å². The summed E-state index contributed by atoms with van der Waals surface area (Å²) in [7, 11) is 0. The van der Waals surface area contributed by atoms with E-state index in [9.17, 15) is 19.7 Å². The van der Waals surface area contributed by atoms with Crippen molar-refractivity contribution in [3.8, 4) is 0 Å². The fourth-order valence-electron chi connectivity index (χ4n) is 3.68. The number of hydrogen-bond donors (Lipinski definition) is 0. The molecule has 0 aromatic heterocycles. The predicted molar refractivity (Wildman–Crippen MR) is 82.7 cm³/mol. The zero-order chi connectivity index (χ0) is 16.5. The van der Waals surface area contributed by atoms with E-state index >= 15 is 0 Å². The number of nitrogens with zero attached hydrogens (tertiary/aromatic N) is 2. The molecule has 1 aromatic carbocycles. The number of halogens is 1. The van der Waals surface area contributed by atoms with Gasteiger partial charge in [-0.25, -0.2) is 4.90 Å². The van der Waals surface area contributed by atoms with Crippen LogP contribution >= 0.6 is 15.9 Å². The molecule has 4 atom stereocenters. The molecular formula is C15H11BrN2O5. The molecular weight excluding hydrogens is 368 g/mol. The van der Waals surface area contributed by atoms with Crippen LogP contribution in [-0.4, -0.2) is 28.4 Å². The Labute approximate surface area is 139 Å². The maximum atomic E-state index is 12.8. The molecule has 4 rings (SSSR count). The molecule has 23 heavy (non-hydrogen) atoms. The Morgan fingerprint density at radius 2 is 2.09 bits per heavy atom. The Morgan fingerprint density at radius 3 is 2.70 bits per heavy atom. The first kappa shape index (κ1) is 14.5. The van der Waals surface area contributed by atoms with Crippen LogP contribution < -0.4 is 4.90 Å². The molecule has 3 heterocycles. The van der Waals surface area contributed by atoms with Gasteiger partial charge in [-0.2, -0.15) is 0 Å². The van der Waals surface area contributed by atoms with Crippen LogP contribution in [0.5, 0.6) is 0 Å². The Balaban J connectivity index is 1.76. The van der Waals surface area contributed by atoms with Crippen molar-refractivity contribution in [1.82, 2.24) is 0 Å². The number of imide groups is 1. The molecule has 0 unspecified atom stereocenters. The molecule has 2 bridgehead atoms. The zero-order valence-corrected chi connectivity index (χ0v) is 13.5. The van der Waals surface area contributed by atoms with E-state index in [1.54, 1.807) is 6.92 Å². The largest absolute Gasteiger partial charge is 0.362 e. The van der Waals surface area contributed by atoms with E-state index in [0.29, 0.717) is 10.2 Å². The van der Waals surface area contributed by atoms with E-state index < -0.39 is 22.4 Å². The van der Waals surface area contributed by atoms with Crippen LogP contribution in [0.3, 0.4) is 0 Å². The predicted octanol–water partition coefficient (Wildman–Crippen LogP) is 2.19. The van der Waals surface area contributed by atoms with Gasteiger partial charge in [0.1, 0.15) is 0 Å². The number of carbonyl (C=O) groups excluding carboxylic acids is 2. The smallest absolute Gasteiger partial charge is 0.270 e. The number of carbonyl (C=O) groups is 2. The van der Waals surface area contributed by atoms with E-state index in [0.717, 1.165) is 4.90 Å². The highest BCUT2D eigenvalue weighted by molar-refractivity contribution is 9.10. The van der Waals surface area contributed by atoms with Crippen LogP contribution in [0.15, 0.2) is 34.8 Å². The summed E-state index contributed by atoms with van der Waals surface area (Å²) in [5, 5.41) is 10.8. The van der Waals surface area contributed by atoms with Crippen LogP contribution in [0, 0.1) is 22.0 Å². The number of ether oxygens (including phenoxy) is 1. The standard InChI is InChI=1S/C15H11BrN2O5/c1-15-5-4-10(23-15)11-12(15)14(20)17(13(11)19)9-3-2-7(18(21)22)6-8(9)16/h2-6,10-12H,1H3/t10-,11-,12+,15+/m1/s1. The van der Waals surface area contributed by atoms with E-state index in [-0.39, 0.29) is 23.6 Å². The highest BCUT2D eigenvalue weighted by Gasteiger charge is 2.66. The Morgan fingerprint density at radius 1 is 1.35 bits per heavy atom. The van der Waals surface area contributed by atoms with Crippen LogP contribution in [0.2, 0.25) is 0 Å². The summed E-state index contributed by atoms with van der Waals surface area (Å²) in [5.41, 5.74) is -0.552. The van der Waals surface area contributed by atoms with Gasteiger partial charge in [-0.1, -0.05) is 12.2 Å². The number of amides is 2. The molecule has 8 heteroatoms. The minimum absolute atomic E-state index is 0.114. The van der Waals surface area contributed by atoms with Gasteiger partial charge < -0.3 is 4.74 Å². The van der Waals surface area contributed by atoms with Crippen LogP contribution in [-0.2, 0) is 14.3 Å². The van der Waals surface area contributed by atoms with Crippen molar-refractivity contribution in [3.63, 3.8) is 0 Å². The average Bonchev–Trinajstić information content (AvgIpc) is 3.09. The lowest BCUT2D eigenvalue weighted by Crippen LogP contribution is -2.38. The molecule has 0 spiro atoms. The lowest BCUT2D eigenvalue weighted by atomic mass is 9.78. The summed E-state index contributed by atoms with van der Waals surface area (Å²) in [6.07, 6.45) is 3.27. The minimum atomic E-state index is -0.760. The Kier molecular flexibility index (Phi) is 2.83. The quantitative estimate of drug-likeness (QED) is 0.340. The third-order valence-corrected chi connectivity index (χ3v) is 5.35. The van der Waals surface area contributed by atoms with Gasteiger partial charge in [0.15, 0.2) is 0 Å². The molecule has 0 saturated carbocycles. The molecule has 2 amide bonds. The third kappa shape index (κ3) is 1.79. The molecule has 3 aliphatic rings. The number of anilines is 1. The topological polar surface area (TPSA) is 89.8 Å². The van der Waals surface area contributed by atoms with Gasteiger partial charge in [0.05, 0.1) is 34.2 Å². The molecule has 1 aromatic rings. The van der Waals surface area contributed by atoms with Crippen molar-refractivity contribution >= 4 is 39.1 Å². The first-order valence-corrected chi connectivity index (χ1v) is 7.82. The van der Waals surface area contributed by atoms with Crippen molar-refractivity contribution in [2.24, 2.45) is 11.8 Å². The number of nitro groups is 1. The van der Waals surface area contributed by atoms with Crippen LogP contribution in [0.1, 0.15) is 6.92 Å². The molecule has 3 aliphatic heterocycles. The molecule has 2 saturated heterocycles. The van der Waals surface area contributed by atoms with Gasteiger partial charge in [-0.05, 0) is 28.9 Å². The van der Waals surface area contributed by atoms with Gasteiger partial charge in [0.25, 0.3) is 5.69 Å². The van der Waals surface area contributed by atoms with E-state index in [2.05, 4.69) is 15.9 Å². The normalized spacial score (nSPS) is 34.3. The van der Waals surface area contributed by atoms with Gasteiger partial charge in [0, 0.05) is 16.6 Å². The number of hydrogen-bond acceptors (Lipinski definition) is 5. The summed E-state index contributed by atoms with van der Waals surface area (Å²) in [6.45, 7) is 1.80. The maximum Gasteiger partial charge on any atom is 0.270 e. The molecule has 118 valence electrons. The van der Waals surface area contributed by atoms with E-state index in [4.69, 9.17) is 4.74 Å². The first-order chi connectivity index (χ1) is 10.8. The van der Waals surface area contributed by atoms with Crippen LogP contribution in [0.4, 0.5) is 11.4 Å². The van der Waals surface area contributed by atoms with Crippen molar-refractivity contribution in [2.45, 2.75) is 18.6 Å². The second kappa shape index (κ2) is 4.48. The van der Waals surface area contributed by atoms with Crippen molar-refractivity contribution in [3.05, 3.63) is 44.9 Å². The van der Waals surface area contributed by atoms with Gasteiger partial charge in [-0.15, -0.1) is 0 Å². The Bertz CT molecular complexity index is 807. The first-order valence-electron chi connectivity index (χ1n) is 7.02. The molecule has 0 N–H and O–H groups in total. The molecule has 0 radical (unpaired) electrons. The summed E-state index contributed by atoms with van der Waals surface area (Å²) >= 11 is 3.22. The second-order valence-corrected chi connectivity index (χ2v) is 6.89. The van der Waals surface area contributed by atoms with Gasteiger partial charge in [0.2, 0.25) is 11.8 Å². The number of benzene rings is 1. The average molecular weight is 379 g/mol. The van der Waals surface area contributed by atoms with Crippen molar-refractivity contribution in [1.29, 1.82) is 0 Å². The lowest BCUT2D eigenvalue weighted by molar-refractivity contribution is -0.384. The SMILES string of the molecule is C[C@@]12C=C[C@@H](O1)[C@H]1C(=O)N(c3ccc([N+](=O)[O-])cc3Br)C(=O)[C@H]12. The zero-order valence-electron chi connectivity index (χ0n) is 11.9. The summed E-state index contributed by atoms with van der Waals surface area (Å²) in [4.78, 5) is 36.9. The van der Waals surface area contributed by atoms with E-state index in [1.165, 1.54) is 18.2 Å². The fourth-order valence-corrected chi connectivity index (χ4v) is 4.22. The highest BCUT2D eigenvalue weighted by Crippen LogP contribution is 2.52. The molecule has 7 nitrogen and oxygen atoms in total. The number of non-ortho nitro benzene ring substituents is 1.